The van der Waals surface area contributed by atoms with Crippen molar-refractivity contribution in [3.05, 3.63) is 0 Å². The Morgan fingerprint density at radius 2 is 2.13 bits per heavy atom. The number of nitrogens with one attached hydrogen (secondary N) is 1. The zero-order valence-electron chi connectivity index (χ0n) is 8.13. The van der Waals surface area contributed by atoms with Crippen molar-refractivity contribution in [2.75, 3.05) is 6.61 Å². The maximum atomic E-state index is 13.3. The second-order valence-corrected chi connectivity index (χ2v) is 3.41. The molecule has 1 unspecified atom stereocenters. The van der Waals surface area contributed by atoms with Gasteiger partial charge in [-0.05, 0) is 0 Å². The van der Waals surface area contributed by atoms with Gasteiger partial charge in [0.2, 0.25) is 5.91 Å². The van der Waals surface area contributed by atoms with Gasteiger partial charge in [0.1, 0.15) is 18.2 Å². The molecule has 1 aliphatic rings. The highest BCUT2D eigenvalue weighted by molar-refractivity contribution is 5.73. The van der Waals surface area contributed by atoms with Crippen LogP contribution in [0.25, 0.3) is 0 Å². The zero-order valence-corrected chi connectivity index (χ0v) is 8.13. The maximum Gasteiger partial charge on any atom is 0.217 e. The van der Waals surface area contributed by atoms with Gasteiger partial charge in [0.05, 0.1) is 6.61 Å². The predicted octanol–water partition coefficient (Wildman–Crippen LogP) is -2.10. The summed E-state index contributed by atoms with van der Waals surface area (Å²) in [6, 6.07) is -1.22. The standard InChI is InChI=1S/C8H14FNO5/c1-3(12)10-6-7(13)5(9)4(2-11)15-8(6)14/h4-8,11,13-14H,2H2,1H3,(H,10,12)/t4-,5+,6-,7+,8?/m1/s1. The first-order chi connectivity index (χ1) is 6.97. The van der Waals surface area contributed by atoms with Crippen LogP contribution >= 0.6 is 0 Å². The van der Waals surface area contributed by atoms with Crippen LogP contribution in [0.15, 0.2) is 0 Å². The lowest BCUT2D eigenvalue weighted by molar-refractivity contribution is -0.240. The van der Waals surface area contributed by atoms with E-state index in [-0.39, 0.29) is 0 Å². The average molecular weight is 223 g/mol. The largest absolute Gasteiger partial charge is 0.394 e. The molecule has 1 aliphatic heterocycles. The molecule has 1 heterocycles. The quantitative estimate of drug-likeness (QED) is 0.430. The van der Waals surface area contributed by atoms with Gasteiger partial charge in [-0.15, -0.1) is 0 Å². The molecular weight excluding hydrogens is 209 g/mol. The number of carbonyl (C=O) groups excluding carboxylic acids is 1. The molecule has 0 aromatic carbocycles. The Labute approximate surface area is 85.7 Å². The van der Waals surface area contributed by atoms with Crippen LogP contribution in [-0.2, 0) is 9.53 Å². The molecule has 5 atom stereocenters. The summed E-state index contributed by atoms with van der Waals surface area (Å²) in [6.45, 7) is 0.521. The normalized spacial score (nSPS) is 41.3. The number of hydrogen-bond acceptors (Lipinski definition) is 5. The van der Waals surface area contributed by atoms with Gasteiger partial charge in [0.15, 0.2) is 12.5 Å². The summed E-state index contributed by atoms with van der Waals surface area (Å²) >= 11 is 0. The Morgan fingerprint density at radius 1 is 1.53 bits per heavy atom. The first-order valence-corrected chi connectivity index (χ1v) is 4.51. The minimum Gasteiger partial charge on any atom is -0.394 e. The van der Waals surface area contributed by atoms with E-state index >= 15 is 0 Å². The number of ether oxygens (including phenoxy) is 1. The number of carbonyl (C=O) groups is 1. The lowest BCUT2D eigenvalue weighted by atomic mass is 9.98. The summed E-state index contributed by atoms with van der Waals surface area (Å²) < 4.78 is 18.0. The van der Waals surface area contributed by atoms with Crippen LogP contribution in [0.5, 0.6) is 0 Å². The zero-order chi connectivity index (χ0) is 11.6. The number of alkyl halides is 1. The summed E-state index contributed by atoms with van der Waals surface area (Å²) in [5, 5.41) is 29.6. The molecule has 0 aromatic rings. The van der Waals surface area contributed by atoms with Crippen molar-refractivity contribution in [2.45, 2.75) is 37.6 Å². The van der Waals surface area contributed by atoms with Crippen LogP contribution in [0, 0.1) is 0 Å². The third-order valence-corrected chi connectivity index (χ3v) is 2.22. The monoisotopic (exact) mass is 223 g/mol. The molecule has 7 heteroatoms. The van der Waals surface area contributed by atoms with E-state index in [1.54, 1.807) is 0 Å². The van der Waals surface area contributed by atoms with Crippen molar-refractivity contribution in [2.24, 2.45) is 0 Å². The maximum absolute atomic E-state index is 13.3. The highest BCUT2D eigenvalue weighted by Gasteiger charge is 2.45. The number of aliphatic hydroxyl groups is 3. The van der Waals surface area contributed by atoms with Gasteiger partial charge >= 0.3 is 0 Å². The molecule has 0 aromatic heterocycles. The van der Waals surface area contributed by atoms with E-state index in [4.69, 9.17) is 5.11 Å². The van der Waals surface area contributed by atoms with Crippen molar-refractivity contribution < 1.29 is 29.2 Å². The highest BCUT2D eigenvalue weighted by atomic mass is 19.1. The van der Waals surface area contributed by atoms with E-state index in [0.29, 0.717) is 0 Å². The Kier molecular flexibility index (Phi) is 3.97. The van der Waals surface area contributed by atoms with Crippen LogP contribution in [0.4, 0.5) is 4.39 Å². The van der Waals surface area contributed by atoms with Crippen LogP contribution in [-0.4, -0.2) is 58.5 Å². The average Bonchev–Trinajstić information content (AvgIpc) is 2.18. The topological polar surface area (TPSA) is 99.0 Å². The SMILES string of the molecule is CC(=O)N[C@H]1C(O)O[C@H](CO)[C@H](F)[C@@H]1O. The van der Waals surface area contributed by atoms with Gasteiger partial charge in [0.25, 0.3) is 0 Å². The smallest absolute Gasteiger partial charge is 0.217 e. The minimum absolute atomic E-state index is 0.517. The molecule has 6 nitrogen and oxygen atoms in total. The molecule has 0 spiro atoms. The molecule has 1 fully saturated rings. The number of rotatable bonds is 2. The van der Waals surface area contributed by atoms with Crippen molar-refractivity contribution in [3.8, 4) is 0 Å². The summed E-state index contributed by atoms with van der Waals surface area (Å²) in [6.07, 6.45) is -6.27. The van der Waals surface area contributed by atoms with Gasteiger partial charge in [-0.1, -0.05) is 0 Å². The first kappa shape index (κ1) is 12.3. The Hall–Kier alpha value is -0.760. The van der Waals surface area contributed by atoms with Gasteiger partial charge in [-0.2, -0.15) is 0 Å². The molecule has 1 rings (SSSR count). The van der Waals surface area contributed by atoms with E-state index in [1.807, 2.05) is 0 Å². The minimum atomic E-state index is -1.85. The van der Waals surface area contributed by atoms with Crippen LogP contribution in [0.2, 0.25) is 0 Å². The van der Waals surface area contributed by atoms with Crippen molar-refractivity contribution in [1.82, 2.24) is 5.32 Å². The molecule has 1 amide bonds. The fraction of sp³-hybridized carbons (Fsp3) is 0.875. The van der Waals surface area contributed by atoms with E-state index < -0.39 is 43.2 Å². The third kappa shape index (κ3) is 2.63. The van der Waals surface area contributed by atoms with Gasteiger partial charge < -0.3 is 25.4 Å². The van der Waals surface area contributed by atoms with Crippen LogP contribution in [0.3, 0.4) is 0 Å². The first-order valence-electron chi connectivity index (χ1n) is 4.51. The molecule has 4 N–H and O–H groups in total. The lowest BCUT2D eigenvalue weighted by Gasteiger charge is -2.38. The summed E-state index contributed by atoms with van der Waals surface area (Å²) in [5.41, 5.74) is 0. The van der Waals surface area contributed by atoms with Crippen molar-refractivity contribution in [3.63, 3.8) is 0 Å². The molecule has 0 saturated carbocycles. The molecule has 88 valence electrons. The number of amides is 1. The molecule has 0 bridgehead atoms. The molecule has 1 saturated heterocycles. The highest BCUT2D eigenvalue weighted by Crippen LogP contribution is 2.22. The molecule has 0 aliphatic carbocycles. The Morgan fingerprint density at radius 3 is 2.60 bits per heavy atom. The fourth-order valence-electron chi connectivity index (χ4n) is 1.46. The Balaban J connectivity index is 2.70. The number of hydrogen-bond donors (Lipinski definition) is 4. The summed E-state index contributed by atoms with van der Waals surface area (Å²) in [4.78, 5) is 10.7. The molecule has 0 radical (unpaired) electrons. The van der Waals surface area contributed by atoms with Gasteiger partial charge in [0, 0.05) is 6.92 Å². The fourth-order valence-corrected chi connectivity index (χ4v) is 1.46. The lowest BCUT2D eigenvalue weighted by Crippen LogP contribution is -2.62. The van der Waals surface area contributed by atoms with E-state index in [1.165, 1.54) is 6.92 Å². The van der Waals surface area contributed by atoms with E-state index in [9.17, 15) is 19.4 Å². The molecular formula is C8H14FNO5. The number of halogens is 1. The van der Waals surface area contributed by atoms with Crippen LogP contribution < -0.4 is 5.32 Å². The summed E-state index contributed by atoms with van der Waals surface area (Å²) in [5.74, 6) is -0.517. The third-order valence-electron chi connectivity index (χ3n) is 2.22. The van der Waals surface area contributed by atoms with Crippen molar-refractivity contribution >= 4 is 5.91 Å². The van der Waals surface area contributed by atoms with Crippen molar-refractivity contribution in [1.29, 1.82) is 0 Å². The summed E-state index contributed by atoms with van der Waals surface area (Å²) in [7, 11) is 0. The van der Waals surface area contributed by atoms with E-state index in [0.717, 1.165) is 0 Å². The van der Waals surface area contributed by atoms with E-state index in [2.05, 4.69) is 10.1 Å². The molecule has 15 heavy (non-hydrogen) atoms. The second kappa shape index (κ2) is 4.84. The number of aliphatic hydroxyl groups excluding tert-OH is 3. The second-order valence-electron chi connectivity index (χ2n) is 3.41. The van der Waals surface area contributed by atoms with Gasteiger partial charge in [-0.25, -0.2) is 4.39 Å². The van der Waals surface area contributed by atoms with Gasteiger partial charge in [-0.3, -0.25) is 4.79 Å². The Bertz CT molecular complexity index is 239. The van der Waals surface area contributed by atoms with Crippen LogP contribution in [0.1, 0.15) is 6.92 Å². The predicted molar refractivity (Wildman–Crippen MR) is 46.5 cm³/mol.